The lowest BCUT2D eigenvalue weighted by Crippen LogP contribution is -2.35. The molecule has 0 heterocycles. The van der Waals surface area contributed by atoms with Crippen molar-refractivity contribution in [1.82, 2.24) is 0 Å². The molecule has 0 spiro atoms. The third-order valence-electron chi connectivity index (χ3n) is 6.14. The fourth-order valence-electron chi connectivity index (χ4n) is 4.12. The van der Waals surface area contributed by atoms with Crippen molar-refractivity contribution in [2.24, 2.45) is 0 Å². The average molecular weight is 572 g/mol. The molecule has 10 heteroatoms. The maximum Gasteiger partial charge on any atom is 0.324 e. The molecule has 0 fully saturated rings. The number of carbonyl (C=O) groups is 2. The summed E-state index contributed by atoms with van der Waals surface area (Å²) in [4.78, 5) is 29.0. The summed E-state index contributed by atoms with van der Waals surface area (Å²) in [6.45, 7) is 20.4. The molecule has 0 aromatic heterocycles. The highest BCUT2D eigenvalue weighted by atomic mass is 16.5. The lowest BCUT2D eigenvalue weighted by molar-refractivity contribution is 0.111. The molecule has 0 aliphatic carbocycles. The Hall–Kier alpha value is -5.15. The molecule has 0 atom stereocenters. The summed E-state index contributed by atoms with van der Waals surface area (Å²) in [6.07, 6.45) is 1.59. The number of benzene rings is 4. The van der Waals surface area contributed by atoms with E-state index in [1.165, 1.54) is 0 Å². The van der Waals surface area contributed by atoms with Crippen LogP contribution in [0.25, 0.3) is 9.69 Å². The zero-order chi connectivity index (χ0) is 31.4. The Bertz CT molecular complexity index is 1630. The van der Waals surface area contributed by atoms with E-state index in [1.54, 1.807) is 79.6 Å². The Morgan fingerprint density at radius 3 is 1.44 bits per heavy atom. The van der Waals surface area contributed by atoms with Crippen molar-refractivity contribution < 1.29 is 28.7 Å². The third-order valence-corrected chi connectivity index (χ3v) is 6.14. The Morgan fingerprint density at radius 1 is 0.674 bits per heavy atom. The molecular formula is C33H30B2N2O6. The van der Waals surface area contributed by atoms with Crippen LogP contribution in [0.2, 0.25) is 13.6 Å². The van der Waals surface area contributed by atoms with E-state index in [2.05, 4.69) is 9.69 Å². The highest BCUT2D eigenvalue weighted by Crippen LogP contribution is 2.25. The van der Waals surface area contributed by atoms with Crippen molar-refractivity contribution in [3.8, 4) is 23.0 Å². The van der Waals surface area contributed by atoms with E-state index in [9.17, 15) is 14.6 Å². The van der Waals surface area contributed by atoms with Crippen LogP contribution in [0.3, 0.4) is 0 Å². The highest BCUT2D eigenvalue weighted by Gasteiger charge is 2.18. The molecule has 4 rings (SSSR count). The second kappa shape index (κ2) is 15.7. The quantitative estimate of drug-likeness (QED) is 0.128. The van der Waals surface area contributed by atoms with E-state index in [4.69, 9.17) is 27.3 Å². The highest BCUT2D eigenvalue weighted by molar-refractivity contribution is 6.67. The van der Waals surface area contributed by atoms with Crippen molar-refractivity contribution >= 4 is 48.7 Å². The number of aldehydes is 2. The van der Waals surface area contributed by atoms with Crippen LogP contribution in [-0.4, -0.2) is 37.5 Å². The molecule has 4 aromatic rings. The summed E-state index contributed by atoms with van der Waals surface area (Å²) in [5.74, 6) is 2.28. The molecule has 0 saturated carbocycles. The number of hydrogen-bond donors (Lipinski definition) is 1. The van der Waals surface area contributed by atoms with Crippen molar-refractivity contribution in [2.75, 3.05) is 0 Å². The van der Waals surface area contributed by atoms with E-state index in [0.29, 0.717) is 57.2 Å². The van der Waals surface area contributed by atoms with Gasteiger partial charge in [0.15, 0.2) is 11.4 Å². The van der Waals surface area contributed by atoms with Gasteiger partial charge in [-0.25, -0.2) is 9.69 Å². The van der Waals surface area contributed by atoms with Gasteiger partial charge in [0.1, 0.15) is 35.6 Å². The van der Waals surface area contributed by atoms with E-state index in [0.717, 1.165) is 11.7 Å². The van der Waals surface area contributed by atoms with Crippen molar-refractivity contribution in [3.05, 3.63) is 119 Å². The van der Waals surface area contributed by atoms with Crippen LogP contribution in [-0.2, 0) is 4.65 Å². The molecule has 8 nitrogen and oxygen atoms in total. The van der Waals surface area contributed by atoms with Gasteiger partial charge >= 0.3 is 13.8 Å². The second-order valence-corrected chi connectivity index (χ2v) is 9.74. The molecule has 43 heavy (non-hydrogen) atoms. The predicted octanol–water partition coefficient (Wildman–Crippen LogP) is 6.76. The second-order valence-electron chi connectivity index (χ2n) is 9.74. The van der Waals surface area contributed by atoms with Crippen molar-refractivity contribution in [2.45, 2.75) is 33.6 Å². The number of nitrogens with zero attached hydrogens (tertiary/aromatic N) is 2. The number of hydrogen-bond acceptors (Lipinski definition) is 6. The van der Waals surface area contributed by atoms with Crippen LogP contribution in [0.4, 0.5) is 11.4 Å². The maximum absolute atomic E-state index is 11.4. The first-order valence-electron chi connectivity index (χ1n) is 13.5. The van der Waals surface area contributed by atoms with Crippen LogP contribution < -0.4 is 20.4 Å². The lowest BCUT2D eigenvalue weighted by atomic mass is 9.62. The molecule has 0 amide bonds. The summed E-state index contributed by atoms with van der Waals surface area (Å²) < 4.78 is 17.1. The first kappa shape index (κ1) is 32.4. The molecule has 214 valence electrons. The minimum Gasteiger partial charge on any atom is -0.457 e. The van der Waals surface area contributed by atoms with Gasteiger partial charge < -0.3 is 19.2 Å². The van der Waals surface area contributed by atoms with Crippen LogP contribution in [0.5, 0.6) is 23.0 Å². The standard InChI is InChI=1S/C18H18BNO3.C15H12BNO3/c1-13(2)23-19(3)18-10-9-17(11-14(18)12-21)22-16-7-5-15(20-4)6-8-16;1-16(19)15-8-7-14(9-11(15)10-18)20-13-5-3-12(17-2)4-6-13/h5-13H,1-3H3;3-10,19H,1H3. The van der Waals surface area contributed by atoms with Gasteiger partial charge in [0, 0.05) is 17.2 Å². The van der Waals surface area contributed by atoms with Crippen molar-refractivity contribution in [1.29, 1.82) is 0 Å². The monoisotopic (exact) mass is 572 g/mol. The summed E-state index contributed by atoms with van der Waals surface area (Å²) in [5.41, 5.74) is 3.44. The molecule has 4 aromatic carbocycles. The van der Waals surface area contributed by atoms with Crippen LogP contribution in [0, 0.1) is 13.1 Å². The van der Waals surface area contributed by atoms with Crippen LogP contribution in [0.1, 0.15) is 34.6 Å². The van der Waals surface area contributed by atoms with E-state index < -0.39 is 6.92 Å². The molecule has 0 saturated heterocycles. The molecule has 1 N–H and O–H groups in total. The van der Waals surface area contributed by atoms with E-state index >= 15 is 0 Å². The predicted molar refractivity (Wildman–Crippen MR) is 170 cm³/mol. The minimum atomic E-state index is -0.706. The zero-order valence-corrected chi connectivity index (χ0v) is 24.4. The minimum absolute atomic E-state index is 0.0846. The molecule has 0 unspecified atom stereocenters. The largest absolute Gasteiger partial charge is 0.457 e. The summed E-state index contributed by atoms with van der Waals surface area (Å²) in [6, 6.07) is 23.8. The molecule has 0 bridgehead atoms. The Balaban J connectivity index is 0.000000238. The van der Waals surface area contributed by atoms with Gasteiger partial charge in [0.05, 0.1) is 13.1 Å². The average Bonchev–Trinajstić information content (AvgIpc) is 3.01. The summed E-state index contributed by atoms with van der Waals surface area (Å²) in [5, 5.41) is 9.55. The lowest BCUT2D eigenvalue weighted by Gasteiger charge is -2.16. The first-order chi connectivity index (χ1) is 20.7. The van der Waals surface area contributed by atoms with Crippen molar-refractivity contribution in [3.63, 3.8) is 0 Å². The van der Waals surface area contributed by atoms with E-state index in [-0.39, 0.29) is 13.0 Å². The summed E-state index contributed by atoms with van der Waals surface area (Å²) >= 11 is 0. The fraction of sp³-hybridized carbons (Fsp3) is 0.152. The van der Waals surface area contributed by atoms with Gasteiger partial charge in [-0.1, -0.05) is 50.0 Å². The Kier molecular flexibility index (Phi) is 11.8. The molecular weight excluding hydrogens is 542 g/mol. The Morgan fingerprint density at radius 2 is 1.07 bits per heavy atom. The number of rotatable bonds is 10. The normalized spacial score (nSPS) is 9.95. The molecule has 0 aliphatic rings. The number of carbonyl (C=O) groups excluding carboxylic acids is 2. The molecule has 0 radical (unpaired) electrons. The third kappa shape index (κ3) is 9.44. The fourth-order valence-corrected chi connectivity index (χ4v) is 4.12. The summed E-state index contributed by atoms with van der Waals surface area (Å²) in [7, 11) is 0. The van der Waals surface area contributed by atoms with Gasteiger partial charge in [-0.3, -0.25) is 9.59 Å². The molecule has 0 aliphatic heterocycles. The number of ether oxygens (including phenoxy) is 2. The maximum atomic E-state index is 11.4. The SMILES string of the molecule is [C-]#[N+]c1ccc(Oc2ccc(B(C)O)c(C=O)c2)cc1.[C-]#[N+]c1ccc(Oc2ccc(B(C)OC(C)C)c(C=O)c2)cc1. The van der Waals surface area contributed by atoms with Gasteiger partial charge in [-0.2, -0.15) is 0 Å². The van der Waals surface area contributed by atoms with Gasteiger partial charge in [0.25, 0.3) is 0 Å². The smallest absolute Gasteiger partial charge is 0.324 e. The first-order valence-corrected chi connectivity index (χ1v) is 13.5. The van der Waals surface area contributed by atoms with Gasteiger partial charge in [-0.15, -0.1) is 0 Å². The Labute approximate surface area is 252 Å². The van der Waals surface area contributed by atoms with Gasteiger partial charge in [0.2, 0.25) is 0 Å². The topological polar surface area (TPSA) is 90.8 Å². The van der Waals surface area contributed by atoms with Crippen LogP contribution >= 0.6 is 0 Å². The zero-order valence-electron chi connectivity index (χ0n) is 24.4. The van der Waals surface area contributed by atoms with Crippen LogP contribution in [0.15, 0.2) is 84.9 Å². The van der Waals surface area contributed by atoms with Gasteiger partial charge in [-0.05, 0) is 73.3 Å². The van der Waals surface area contributed by atoms with E-state index in [1.807, 2.05) is 32.8 Å².